The van der Waals surface area contributed by atoms with Crippen LogP contribution in [0.25, 0.3) is 16.6 Å². The van der Waals surface area contributed by atoms with Crippen LogP contribution in [0.15, 0.2) is 41.5 Å². The quantitative estimate of drug-likeness (QED) is 0.604. The number of halogens is 2. The number of hydrogen-bond donors (Lipinski definition) is 1. The molecule has 0 saturated heterocycles. The van der Waals surface area contributed by atoms with Crippen LogP contribution in [0, 0.1) is 11.7 Å². The van der Waals surface area contributed by atoms with Gasteiger partial charge in [0, 0.05) is 18.7 Å². The molecule has 3 aromatic rings. The van der Waals surface area contributed by atoms with Gasteiger partial charge in [-0.2, -0.15) is 0 Å². The van der Waals surface area contributed by atoms with Gasteiger partial charge in [0.15, 0.2) is 0 Å². The van der Waals surface area contributed by atoms with Crippen molar-refractivity contribution in [3.8, 4) is 5.69 Å². The van der Waals surface area contributed by atoms with Gasteiger partial charge in [-0.1, -0.05) is 11.6 Å². The topological polar surface area (TPSA) is 86.1 Å². The fourth-order valence-electron chi connectivity index (χ4n) is 3.69. The number of nitrogens with one attached hydrogen (secondary N) is 1. The molecule has 0 bridgehead atoms. The molecule has 1 aliphatic carbocycles. The number of amides is 1. The van der Waals surface area contributed by atoms with Gasteiger partial charge in [0.2, 0.25) is 0 Å². The molecule has 1 N–H and O–H groups in total. The molecule has 1 saturated carbocycles. The number of aromatic nitrogens is 3. The van der Waals surface area contributed by atoms with E-state index in [9.17, 15) is 14.0 Å². The summed E-state index contributed by atoms with van der Waals surface area (Å²) < 4.78 is 21.4. The number of fused-ring (bicyclic) bond motifs is 1. The number of alkyl carbamates (subject to hydrolysis) is 1. The molecular weight excluding hydrogens is 435 g/mol. The Morgan fingerprint density at radius 3 is 2.72 bits per heavy atom. The zero-order chi connectivity index (χ0) is 23.0. The minimum Gasteiger partial charge on any atom is -0.444 e. The Balaban J connectivity index is 1.85. The summed E-state index contributed by atoms with van der Waals surface area (Å²) in [6, 6.07) is 5.97. The second-order valence-corrected chi connectivity index (χ2v) is 9.31. The first kappa shape index (κ1) is 22.2. The molecule has 0 radical (unpaired) electrons. The van der Waals surface area contributed by atoms with Crippen molar-refractivity contribution in [2.24, 2.45) is 5.92 Å². The van der Waals surface area contributed by atoms with Gasteiger partial charge in [0.25, 0.3) is 5.56 Å². The summed E-state index contributed by atoms with van der Waals surface area (Å²) in [7, 11) is 0. The van der Waals surface area contributed by atoms with Crippen molar-refractivity contribution in [3.63, 3.8) is 0 Å². The minimum absolute atomic E-state index is 0.00826. The normalized spacial score (nSPS) is 14.9. The number of hydrogen-bond acceptors (Lipinski definition) is 5. The summed E-state index contributed by atoms with van der Waals surface area (Å²) in [6.45, 7) is 5.53. The second-order valence-electron chi connectivity index (χ2n) is 8.90. The molecule has 1 fully saturated rings. The predicted octanol–water partition coefficient (Wildman–Crippen LogP) is 4.59. The van der Waals surface area contributed by atoms with Crippen LogP contribution in [0.4, 0.5) is 9.18 Å². The highest BCUT2D eigenvalue weighted by atomic mass is 35.5. The molecular formula is C23H24ClFN4O3. The lowest BCUT2D eigenvalue weighted by molar-refractivity contribution is 0.0522. The lowest BCUT2D eigenvalue weighted by Gasteiger charge is -2.24. The van der Waals surface area contributed by atoms with Crippen molar-refractivity contribution in [2.45, 2.75) is 45.1 Å². The largest absolute Gasteiger partial charge is 0.444 e. The summed E-state index contributed by atoms with van der Waals surface area (Å²) in [5.41, 5.74) is -0.714. The summed E-state index contributed by atoms with van der Waals surface area (Å²) >= 11 is 6.26. The third-order valence-electron chi connectivity index (χ3n) is 5.24. The van der Waals surface area contributed by atoms with Crippen LogP contribution in [-0.4, -0.2) is 32.8 Å². The summed E-state index contributed by atoms with van der Waals surface area (Å²) in [4.78, 5) is 34.5. The fourth-order valence-corrected chi connectivity index (χ4v) is 3.93. The average molecular weight is 459 g/mol. The van der Waals surface area contributed by atoms with Crippen molar-refractivity contribution in [1.29, 1.82) is 0 Å². The SMILES string of the molecule is CC(C)(C)OC(=O)NCC(c1nc2c(F)ccc(Cl)c2c(=O)n1-c1cccnc1)C1CC1. The molecule has 4 rings (SSSR count). The Kier molecular flexibility index (Phi) is 5.90. The maximum Gasteiger partial charge on any atom is 0.407 e. The molecule has 2 aromatic heterocycles. The molecule has 7 nitrogen and oxygen atoms in total. The Hall–Kier alpha value is -3.00. The van der Waals surface area contributed by atoms with Gasteiger partial charge in [0.05, 0.1) is 22.3 Å². The highest BCUT2D eigenvalue weighted by Gasteiger charge is 2.37. The fraction of sp³-hybridized carbons (Fsp3) is 0.391. The molecule has 1 aromatic carbocycles. The molecule has 0 aliphatic heterocycles. The lowest BCUT2D eigenvalue weighted by Crippen LogP contribution is -2.37. The van der Waals surface area contributed by atoms with Crippen LogP contribution in [0.1, 0.15) is 45.4 Å². The van der Waals surface area contributed by atoms with E-state index < -0.39 is 23.1 Å². The van der Waals surface area contributed by atoms with E-state index in [1.807, 2.05) is 0 Å². The van der Waals surface area contributed by atoms with Crippen LogP contribution < -0.4 is 10.9 Å². The van der Waals surface area contributed by atoms with Gasteiger partial charge >= 0.3 is 6.09 Å². The Bertz CT molecular complexity index is 1220. The van der Waals surface area contributed by atoms with E-state index in [1.54, 1.807) is 39.1 Å². The van der Waals surface area contributed by atoms with Gasteiger partial charge < -0.3 is 10.1 Å². The Labute approximate surface area is 189 Å². The van der Waals surface area contributed by atoms with Gasteiger partial charge in [0.1, 0.15) is 22.8 Å². The number of nitrogens with zero attached hydrogens (tertiary/aromatic N) is 3. The molecule has 1 amide bonds. The van der Waals surface area contributed by atoms with Crippen molar-refractivity contribution >= 4 is 28.6 Å². The first-order valence-electron chi connectivity index (χ1n) is 10.4. The van der Waals surface area contributed by atoms with E-state index in [4.69, 9.17) is 16.3 Å². The lowest BCUT2D eigenvalue weighted by atomic mass is 10.0. The van der Waals surface area contributed by atoms with Crippen LogP contribution in [0.2, 0.25) is 5.02 Å². The molecule has 1 atom stereocenters. The maximum atomic E-state index is 14.7. The Morgan fingerprint density at radius 1 is 1.34 bits per heavy atom. The highest BCUT2D eigenvalue weighted by Crippen LogP contribution is 2.42. The highest BCUT2D eigenvalue weighted by molar-refractivity contribution is 6.35. The third kappa shape index (κ3) is 4.60. The van der Waals surface area contributed by atoms with Gasteiger partial charge in [-0.15, -0.1) is 0 Å². The number of benzene rings is 1. The summed E-state index contributed by atoms with van der Waals surface area (Å²) in [5, 5.41) is 2.91. The van der Waals surface area contributed by atoms with E-state index in [0.717, 1.165) is 12.8 Å². The van der Waals surface area contributed by atoms with Gasteiger partial charge in [-0.25, -0.2) is 14.2 Å². The molecule has 32 heavy (non-hydrogen) atoms. The smallest absolute Gasteiger partial charge is 0.407 e. The van der Waals surface area contributed by atoms with E-state index in [2.05, 4.69) is 15.3 Å². The van der Waals surface area contributed by atoms with Crippen LogP contribution >= 0.6 is 11.6 Å². The van der Waals surface area contributed by atoms with Crippen LogP contribution in [0.5, 0.6) is 0 Å². The van der Waals surface area contributed by atoms with E-state index >= 15 is 0 Å². The maximum absolute atomic E-state index is 14.7. The van der Waals surface area contributed by atoms with Crippen molar-refractivity contribution < 1.29 is 13.9 Å². The van der Waals surface area contributed by atoms with Crippen molar-refractivity contribution in [2.75, 3.05) is 6.54 Å². The number of pyridine rings is 1. The molecule has 1 aliphatic rings. The first-order valence-corrected chi connectivity index (χ1v) is 10.8. The summed E-state index contributed by atoms with van der Waals surface area (Å²) in [5.74, 6) is -0.399. The summed E-state index contributed by atoms with van der Waals surface area (Å²) in [6.07, 6.45) is 4.40. The van der Waals surface area contributed by atoms with Crippen LogP contribution in [-0.2, 0) is 4.74 Å². The number of rotatable bonds is 5. The minimum atomic E-state index is -0.641. The molecule has 9 heteroatoms. The monoisotopic (exact) mass is 458 g/mol. The van der Waals surface area contributed by atoms with E-state index in [0.29, 0.717) is 11.5 Å². The van der Waals surface area contributed by atoms with E-state index in [1.165, 1.54) is 22.9 Å². The molecule has 1 unspecified atom stereocenters. The standard InChI is InChI=1S/C23H24ClFN4O3/c1-23(2,3)32-22(31)27-12-15(13-6-7-13)20-28-19-17(25)9-8-16(24)18(19)21(30)29(20)14-5-4-10-26-11-14/h4-5,8-11,13,15H,6-7,12H2,1-3H3,(H,27,31). The van der Waals surface area contributed by atoms with E-state index in [-0.39, 0.29) is 34.3 Å². The zero-order valence-corrected chi connectivity index (χ0v) is 18.8. The third-order valence-corrected chi connectivity index (χ3v) is 5.56. The zero-order valence-electron chi connectivity index (χ0n) is 18.1. The number of ether oxygens (including phenoxy) is 1. The average Bonchev–Trinajstić information content (AvgIpc) is 3.55. The predicted molar refractivity (Wildman–Crippen MR) is 120 cm³/mol. The molecule has 168 valence electrons. The Morgan fingerprint density at radius 2 is 2.09 bits per heavy atom. The van der Waals surface area contributed by atoms with Gasteiger partial charge in [-0.05, 0) is 63.8 Å². The number of carbonyl (C=O) groups excluding carboxylic acids is 1. The second kappa shape index (κ2) is 8.50. The van der Waals surface area contributed by atoms with Crippen molar-refractivity contribution in [3.05, 3.63) is 63.7 Å². The first-order chi connectivity index (χ1) is 15.2. The molecule has 0 spiro atoms. The molecule has 2 heterocycles. The number of carbonyl (C=O) groups is 1. The van der Waals surface area contributed by atoms with Crippen molar-refractivity contribution in [1.82, 2.24) is 19.9 Å². The van der Waals surface area contributed by atoms with Crippen LogP contribution in [0.3, 0.4) is 0 Å². The van der Waals surface area contributed by atoms with Gasteiger partial charge in [-0.3, -0.25) is 14.3 Å².